The minimum absolute atomic E-state index is 0.203. The van der Waals surface area contributed by atoms with Crippen LogP contribution in [0.15, 0.2) is 17.0 Å². The molecule has 0 radical (unpaired) electrons. The predicted molar refractivity (Wildman–Crippen MR) is 79.4 cm³/mol. The molecule has 3 rings (SSSR count). The van der Waals surface area contributed by atoms with Crippen molar-refractivity contribution in [3.8, 4) is 0 Å². The van der Waals surface area contributed by atoms with Crippen molar-refractivity contribution in [1.82, 2.24) is 10.0 Å². The molecule has 5 nitrogen and oxygen atoms in total. The van der Waals surface area contributed by atoms with E-state index in [4.69, 9.17) is 0 Å². The van der Waals surface area contributed by atoms with E-state index in [9.17, 15) is 22.0 Å². The first kappa shape index (κ1) is 16.3. The van der Waals surface area contributed by atoms with Gasteiger partial charge in [-0.2, -0.15) is 0 Å². The summed E-state index contributed by atoms with van der Waals surface area (Å²) >= 11 is 0. The highest BCUT2D eigenvalue weighted by Gasteiger charge is 2.34. The Labute approximate surface area is 133 Å². The smallest absolute Gasteiger partial charge is 0.257 e. The van der Waals surface area contributed by atoms with Crippen LogP contribution in [0.4, 0.5) is 8.78 Å². The Morgan fingerprint density at radius 1 is 1.22 bits per heavy atom. The molecule has 0 heterocycles. The van der Waals surface area contributed by atoms with Gasteiger partial charge >= 0.3 is 0 Å². The molecule has 0 spiro atoms. The van der Waals surface area contributed by atoms with Crippen LogP contribution in [0.5, 0.6) is 0 Å². The van der Waals surface area contributed by atoms with Gasteiger partial charge in [0.2, 0.25) is 10.0 Å². The van der Waals surface area contributed by atoms with Gasteiger partial charge in [-0.3, -0.25) is 4.79 Å². The Morgan fingerprint density at radius 3 is 2.43 bits per heavy atom. The molecule has 1 unspecified atom stereocenters. The maximum absolute atomic E-state index is 14.5. The summed E-state index contributed by atoms with van der Waals surface area (Å²) in [5.41, 5.74) is -0.851. The second kappa shape index (κ2) is 5.83. The Kier molecular flexibility index (Phi) is 4.14. The number of sulfonamides is 1. The molecule has 2 N–H and O–H groups in total. The van der Waals surface area contributed by atoms with E-state index in [0.717, 1.165) is 25.0 Å². The van der Waals surface area contributed by atoms with Crippen molar-refractivity contribution in [3.63, 3.8) is 0 Å². The molecular weight excluding hydrogens is 326 g/mol. The van der Waals surface area contributed by atoms with Crippen molar-refractivity contribution >= 4 is 15.9 Å². The number of hydrogen-bond donors (Lipinski definition) is 2. The predicted octanol–water partition coefficient (Wildman–Crippen LogP) is 1.93. The summed E-state index contributed by atoms with van der Waals surface area (Å²) in [5, 5.41) is 2.54. The molecule has 23 heavy (non-hydrogen) atoms. The number of halogens is 2. The molecule has 2 aliphatic rings. The first-order valence-electron chi connectivity index (χ1n) is 7.61. The van der Waals surface area contributed by atoms with Crippen LogP contribution in [0.2, 0.25) is 0 Å². The fraction of sp³-hybridized carbons (Fsp3) is 0.533. The third-order valence-corrected chi connectivity index (χ3v) is 5.70. The van der Waals surface area contributed by atoms with E-state index in [0.29, 0.717) is 18.8 Å². The van der Waals surface area contributed by atoms with Gasteiger partial charge in [0, 0.05) is 12.1 Å². The monoisotopic (exact) mass is 344 g/mol. The lowest BCUT2D eigenvalue weighted by Crippen LogP contribution is -2.35. The number of carbonyl (C=O) groups excluding carboxylic acids is 1. The number of rotatable bonds is 6. The van der Waals surface area contributed by atoms with Crippen molar-refractivity contribution in [2.45, 2.75) is 49.6 Å². The summed E-state index contributed by atoms with van der Waals surface area (Å²) in [4.78, 5) is 11.4. The molecule has 0 aliphatic heterocycles. The first-order chi connectivity index (χ1) is 10.8. The standard InChI is InChI=1S/C15H18F2N2O3S/c1-8(9-2-3-9)18-15(20)13-11(16)6-7-12(14(13)17)23(21,22)19-10-4-5-10/h6-10,19H,2-5H2,1H3,(H,18,20). The molecule has 1 aromatic carbocycles. The van der Waals surface area contributed by atoms with Crippen LogP contribution in [0, 0.1) is 17.6 Å². The molecule has 0 aromatic heterocycles. The van der Waals surface area contributed by atoms with Crippen molar-refractivity contribution < 1.29 is 22.0 Å². The zero-order chi connectivity index (χ0) is 16.8. The molecule has 1 aromatic rings. The van der Waals surface area contributed by atoms with Crippen LogP contribution in [0.1, 0.15) is 43.0 Å². The third-order valence-electron chi connectivity index (χ3n) is 4.16. The van der Waals surface area contributed by atoms with E-state index in [2.05, 4.69) is 10.0 Å². The highest BCUT2D eigenvalue weighted by atomic mass is 32.2. The van der Waals surface area contributed by atoms with Crippen molar-refractivity contribution in [1.29, 1.82) is 0 Å². The molecule has 2 fully saturated rings. The largest absolute Gasteiger partial charge is 0.349 e. The zero-order valence-corrected chi connectivity index (χ0v) is 13.4. The van der Waals surface area contributed by atoms with Crippen LogP contribution in [0.25, 0.3) is 0 Å². The van der Waals surface area contributed by atoms with Gasteiger partial charge in [0.25, 0.3) is 5.91 Å². The van der Waals surface area contributed by atoms with E-state index in [1.807, 2.05) is 0 Å². The third kappa shape index (κ3) is 3.53. The lowest BCUT2D eigenvalue weighted by Gasteiger charge is -2.15. The minimum atomic E-state index is -4.10. The summed E-state index contributed by atoms with van der Waals surface area (Å²) in [6.07, 6.45) is 3.31. The average Bonchev–Trinajstić information content (AvgIpc) is 3.32. The molecule has 0 saturated heterocycles. The maximum atomic E-state index is 14.5. The number of nitrogens with one attached hydrogen (secondary N) is 2. The molecule has 0 bridgehead atoms. The highest BCUT2D eigenvalue weighted by Crippen LogP contribution is 2.32. The summed E-state index contributed by atoms with van der Waals surface area (Å²) in [6.45, 7) is 1.76. The van der Waals surface area contributed by atoms with Gasteiger partial charge < -0.3 is 5.32 Å². The normalized spacial score (nSPS) is 19.4. The molecule has 126 valence electrons. The van der Waals surface area contributed by atoms with Crippen molar-refractivity contribution in [3.05, 3.63) is 29.3 Å². The Bertz CT molecular complexity index is 743. The van der Waals surface area contributed by atoms with Crippen LogP contribution >= 0.6 is 0 Å². The van der Waals surface area contributed by atoms with Crippen LogP contribution in [-0.2, 0) is 10.0 Å². The number of carbonyl (C=O) groups is 1. The Morgan fingerprint density at radius 2 is 1.87 bits per heavy atom. The highest BCUT2D eigenvalue weighted by molar-refractivity contribution is 7.89. The SMILES string of the molecule is CC(NC(=O)c1c(F)ccc(S(=O)(=O)NC2CC2)c1F)C1CC1. The van der Waals surface area contributed by atoms with Crippen LogP contribution in [0.3, 0.4) is 0 Å². The fourth-order valence-electron chi connectivity index (χ4n) is 2.43. The van der Waals surface area contributed by atoms with Crippen molar-refractivity contribution in [2.75, 3.05) is 0 Å². The molecule has 1 amide bonds. The van der Waals surface area contributed by atoms with Crippen LogP contribution < -0.4 is 10.0 Å². The fourth-order valence-corrected chi connectivity index (χ4v) is 3.81. The zero-order valence-electron chi connectivity index (χ0n) is 12.6. The lowest BCUT2D eigenvalue weighted by molar-refractivity contribution is 0.0926. The summed E-state index contributed by atoms with van der Waals surface area (Å²) in [7, 11) is -4.10. The average molecular weight is 344 g/mol. The van der Waals surface area contributed by atoms with E-state index in [1.54, 1.807) is 6.92 Å². The second-order valence-electron chi connectivity index (χ2n) is 6.23. The van der Waals surface area contributed by atoms with Gasteiger partial charge in [-0.15, -0.1) is 0 Å². The van der Waals surface area contributed by atoms with Gasteiger partial charge in [0.1, 0.15) is 16.3 Å². The van der Waals surface area contributed by atoms with E-state index in [-0.39, 0.29) is 12.1 Å². The Balaban J connectivity index is 1.90. The lowest BCUT2D eigenvalue weighted by atomic mass is 10.1. The molecule has 2 aliphatic carbocycles. The van der Waals surface area contributed by atoms with E-state index in [1.165, 1.54) is 0 Å². The molecule has 1 atom stereocenters. The molecular formula is C15H18F2N2O3S. The van der Waals surface area contributed by atoms with Gasteiger partial charge in [0.15, 0.2) is 5.82 Å². The quantitative estimate of drug-likeness (QED) is 0.828. The van der Waals surface area contributed by atoms with Crippen LogP contribution in [-0.4, -0.2) is 26.4 Å². The van der Waals surface area contributed by atoms with Gasteiger partial charge in [-0.05, 0) is 50.7 Å². The van der Waals surface area contributed by atoms with E-state index < -0.39 is 38.0 Å². The minimum Gasteiger partial charge on any atom is -0.349 e. The topological polar surface area (TPSA) is 75.3 Å². The maximum Gasteiger partial charge on any atom is 0.257 e. The second-order valence-corrected chi connectivity index (χ2v) is 7.91. The van der Waals surface area contributed by atoms with E-state index >= 15 is 0 Å². The number of hydrogen-bond acceptors (Lipinski definition) is 3. The van der Waals surface area contributed by atoms with Crippen molar-refractivity contribution in [2.24, 2.45) is 5.92 Å². The first-order valence-corrected chi connectivity index (χ1v) is 9.09. The molecule has 2 saturated carbocycles. The van der Waals surface area contributed by atoms with Gasteiger partial charge in [0.05, 0.1) is 0 Å². The van der Waals surface area contributed by atoms with Gasteiger partial charge in [-0.1, -0.05) is 0 Å². The summed E-state index contributed by atoms with van der Waals surface area (Å²) in [6, 6.07) is 1.24. The number of amides is 1. The van der Waals surface area contributed by atoms with Gasteiger partial charge in [-0.25, -0.2) is 21.9 Å². The summed E-state index contributed by atoms with van der Waals surface area (Å²) < 4.78 is 55.0. The Hall–Kier alpha value is -1.54. The number of benzene rings is 1. The molecule has 8 heteroatoms. The summed E-state index contributed by atoms with van der Waals surface area (Å²) in [5.74, 6) is -3.04.